The van der Waals surface area contributed by atoms with Crippen LogP contribution in [0.1, 0.15) is 15.9 Å². The molecule has 1 aromatic heterocycles. The Hall–Kier alpha value is -2.36. The van der Waals surface area contributed by atoms with Gasteiger partial charge in [0.25, 0.3) is 0 Å². The summed E-state index contributed by atoms with van der Waals surface area (Å²) in [7, 11) is 3.31. The molecule has 2 rings (SSSR count). The zero-order chi connectivity index (χ0) is 13.8. The predicted molar refractivity (Wildman–Crippen MR) is 74.8 cm³/mol. The van der Waals surface area contributed by atoms with Crippen LogP contribution in [0.3, 0.4) is 0 Å². The number of aryl methyl sites for hydroxylation is 1. The number of hydrogen-bond donors (Lipinski definition) is 0. The van der Waals surface area contributed by atoms with Gasteiger partial charge >= 0.3 is 5.97 Å². The SMILES string of the molecule is COC(=O)c1cnc(N(C)c2ccccc2)c(C)c1. The van der Waals surface area contributed by atoms with Gasteiger partial charge in [0, 0.05) is 18.9 Å². The van der Waals surface area contributed by atoms with Crippen LogP contribution in [0.5, 0.6) is 0 Å². The second-order valence-corrected chi connectivity index (χ2v) is 4.25. The normalized spacial score (nSPS) is 10.1. The lowest BCUT2D eigenvalue weighted by Crippen LogP contribution is -2.13. The highest BCUT2D eigenvalue weighted by Crippen LogP contribution is 2.24. The van der Waals surface area contributed by atoms with E-state index in [1.807, 2.05) is 49.2 Å². The van der Waals surface area contributed by atoms with Gasteiger partial charge in [0.15, 0.2) is 0 Å². The predicted octanol–water partition coefficient (Wildman–Crippen LogP) is 2.94. The van der Waals surface area contributed by atoms with Crippen molar-refractivity contribution >= 4 is 17.5 Å². The Morgan fingerprint density at radius 2 is 1.95 bits per heavy atom. The van der Waals surface area contributed by atoms with E-state index in [-0.39, 0.29) is 5.97 Å². The number of hydrogen-bond acceptors (Lipinski definition) is 4. The first-order valence-electron chi connectivity index (χ1n) is 5.97. The molecule has 2 aromatic rings. The lowest BCUT2D eigenvalue weighted by Gasteiger charge is -2.20. The lowest BCUT2D eigenvalue weighted by molar-refractivity contribution is 0.0600. The zero-order valence-corrected chi connectivity index (χ0v) is 11.3. The molecule has 0 saturated carbocycles. The fraction of sp³-hybridized carbons (Fsp3) is 0.200. The molecule has 98 valence electrons. The molecule has 0 amide bonds. The summed E-state index contributed by atoms with van der Waals surface area (Å²) < 4.78 is 4.68. The van der Waals surface area contributed by atoms with Gasteiger partial charge in [0.1, 0.15) is 5.82 Å². The molecule has 4 nitrogen and oxygen atoms in total. The van der Waals surface area contributed by atoms with E-state index in [9.17, 15) is 4.79 Å². The summed E-state index contributed by atoms with van der Waals surface area (Å²) in [5, 5.41) is 0. The van der Waals surface area contributed by atoms with Gasteiger partial charge in [-0.25, -0.2) is 9.78 Å². The maximum atomic E-state index is 11.4. The Labute approximate surface area is 112 Å². The van der Waals surface area contributed by atoms with E-state index in [0.29, 0.717) is 5.56 Å². The van der Waals surface area contributed by atoms with E-state index in [2.05, 4.69) is 9.72 Å². The Morgan fingerprint density at radius 3 is 2.53 bits per heavy atom. The molecule has 0 N–H and O–H groups in total. The third-order valence-corrected chi connectivity index (χ3v) is 2.93. The van der Waals surface area contributed by atoms with Crippen LogP contribution in [0.4, 0.5) is 11.5 Å². The Morgan fingerprint density at radius 1 is 1.26 bits per heavy atom. The van der Waals surface area contributed by atoms with Crippen molar-refractivity contribution < 1.29 is 9.53 Å². The first-order valence-corrected chi connectivity index (χ1v) is 5.97. The minimum Gasteiger partial charge on any atom is -0.465 e. The van der Waals surface area contributed by atoms with Gasteiger partial charge < -0.3 is 9.64 Å². The number of para-hydroxylation sites is 1. The number of methoxy groups -OCH3 is 1. The monoisotopic (exact) mass is 256 g/mol. The zero-order valence-electron chi connectivity index (χ0n) is 11.3. The molecule has 0 saturated heterocycles. The minimum atomic E-state index is -0.371. The molecule has 1 heterocycles. The Balaban J connectivity index is 2.34. The molecule has 0 fully saturated rings. The second-order valence-electron chi connectivity index (χ2n) is 4.25. The Bertz CT molecular complexity index is 582. The van der Waals surface area contributed by atoms with Crippen LogP contribution in [0.15, 0.2) is 42.6 Å². The quantitative estimate of drug-likeness (QED) is 0.792. The van der Waals surface area contributed by atoms with Crippen LogP contribution in [0.2, 0.25) is 0 Å². The van der Waals surface area contributed by atoms with E-state index in [0.717, 1.165) is 17.1 Å². The van der Waals surface area contributed by atoms with Crippen LogP contribution in [-0.4, -0.2) is 25.1 Å². The fourth-order valence-corrected chi connectivity index (χ4v) is 1.92. The van der Waals surface area contributed by atoms with Gasteiger partial charge in [-0.15, -0.1) is 0 Å². The maximum absolute atomic E-state index is 11.4. The summed E-state index contributed by atoms with van der Waals surface area (Å²) in [4.78, 5) is 17.8. The number of esters is 1. The molecule has 4 heteroatoms. The van der Waals surface area contributed by atoms with E-state index in [1.165, 1.54) is 13.3 Å². The van der Waals surface area contributed by atoms with Crippen LogP contribution >= 0.6 is 0 Å². The molecule has 0 unspecified atom stereocenters. The van der Waals surface area contributed by atoms with Crippen molar-refractivity contribution in [3.63, 3.8) is 0 Å². The molecule has 0 radical (unpaired) electrons. The highest BCUT2D eigenvalue weighted by molar-refractivity contribution is 5.89. The summed E-state index contributed by atoms with van der Waals surface area (Å²) in [5.74, 6) is 0.448. The summed E-state index contributed by atoms with van der Waals surface area (Å²) in [5.41, 5.74) is 2.43. The van der Waals surface area contributed by atoms with Crippen LogP contribution in [0.25, 0.3) is 0 Å². The fourth-order valence-electron chi connectivity index (χ4n) is 1.92. The number of anilines is 2. The summed E-state index contributed by atoms with van der Waals surface area (Å²) in [6.07, 6.45) is 1.54. The van der Waals surface area contributed by atoms with Gasteiger partial charge in [-0.2, -0.15) is 0 Å². The number of rotatable bonds is 3. The van der Waals surface area contributed by atoms with E-state index in [4.69, 9.17) is 0 Å². The van der Waals surface area contributed by atoms with Crippen molar-refractivity contribution in [3.05, 3.63) is 53.7 Å². The third-order valence-electron chi connectivity index (χ3n) is 2.93. The van der Waals surface area contributed by atoms with E-state index >= 15 is 0 Å². The molecule has 0 bridgehead atoms. The van der Waals surface area contributed by atoms with Crippen molar-refractivity contribution in [1.29, 1.82) is 0 Å². The highest BCUT2D eigenvalue weighted by Gasteiger charge is 2.12. The molecule has 1 aromatic carbocycles. The van der Waals surface area contributed by atoms with Crippen molar-refractivity contribution in [2.75, 3.05) is 19.1 Å². The maximum Gasteiger partial charge on any atom is 0.339 e. The molecular formula is C15H16N2O2. The smallest absolute Gasteiger partial charge is 0.339 e. The van der Waals surface area contributed by atoms with Gasteiger partial charge in [-0.3, -0.25) is 0 Å². The second kappa shape index (κ2) is 5.52. The summed E-state index contributed by atoms with van der Waals surface area (Å²) in [6, 6.07) is 11.7. The van der Waals surface area contributed by atoms with Gasteiger partial charge in [0.05, 0.1) is 12.7 Å². The molecule has 19 heavy (non-hydrogen) atoms. The largest absolute Gasteiger partial charge is 0.465 e. The molecule has 0 spiro atoms. The summed E-state index contributed by atoms with van der Waals surface area (Å²) >= 11 is 0. The number of nitrogens with zero attached hydrogens (tertiary/aromatic N) is 2. The van der Waals surface area contributed by atoms with Crippen molar-refractivity contribution in [2.24, 2.45) is 0 Å². The highest BCUT2D eigenvalue weighted by atomic mass is 16.5. The molecule has 0 aliphatic rings. The van der Waals surface area contributed by atoms with E-state index < -0.39 is 0 Å². The molecule has 0 atom stereocenters. The lowest BCUT2D eigenvalue weighted by atomic mass is 10.2. The minimum absolute atomic E-state index is 0.371. The molecular weight excluding hydrogens is 240 g/mol. The number of carbonyl (C=O) groups excluding carboxylic acids is 1. The number of pyridine rings is 1. The van der Waals surface area contributed by atoms with Crippen LogP contribution in [-0.2, 0) is 4.74 Å². The van der Waals surface area contributed by atoms with Crippen LogP contribution < -0.4 is 4.90 Å². The first-order chi connectivity index (χ1) is 9.13. The van der Waals surface area contributed by atoms with E-state index in [1.54, 1.807) is 6.07 Å². The average Bonchev–Trinajstić information content (AvgIpc) is 2.46. The van der Waals surface area contributed by atoms with Crippen molar-refractivity contribution in [2.45, 2.75) is 6.92 Å². The number of carbonyl (C=O) groups is 1. The standard InChI is InChI=1S/C15H16N2O2/c1-11-9-12(15(18)19-3)10-16-14(11)17(2)13-7-5-4-6-8-13/h4-10H,1-3H3. The van der Waals surface area contributed by atoms with Crippen molar-refractivity contribution in [1.82, 2.24) is 4.98 Å². The number of aromatic nitrogens is 1. The first kappa shape index (κ1) is 13.1. The topological polar surface area (TPSA) is 42.4 Å². The van der Waals surface area contributed by atoms with Crippen molar-refractivity contribution in [3.8, 4) is 0 Å². The number of ether oxygens (including phenoxy) is 1. The summed E-state index contributed by atoms with van der Waals surface area (Å²) in [6.45, 7) is 1.92. The van der Waals surface area contributed by atoms with Gasteiger partial charge in [-0.1, -0.05) is 18.2 Å². The average molecular weight is 256 g/mol. The Kier molecular flexibility index (Phi) is 3.80. The molecule has 0 aliphatic carbocycles. The van der Waals surface area contributed by atoms with Gasteiger partial charge in [0.2, 0.25) is 0 Å². The van der Waals surface area contributed by atoms with Crippen LogP contribution in [0, 0.1) is 6.92 Å². The van der Waals surface area contributed by atoms with Gasteiger partial charge in [-0.05, 0) is 30.7 Å². The number of benzene rings is 1. The molecule has 0 aliphatic heterocycles. The third kappa shape index (κ3) is 2.73.